The van der Waals surface area contributed by atoms with Gasteiger partial charge in [0.05, 0.1) is 10.6 Å². The van der Waals surface area contributed by atoms with Crippen LogP contribution >= 0.6 is 11.6 Å². The SMILES string of the molecule is C[C@@H](C(=O)NC1CCCCC1)N(Cc1ccccc1Cl)C(=O)CN(c1ccc(Oc2ccccc2)cc1)S(=O)(=O)c1ccccc1. The minimum atomic E-state index is -4.19. The molecular weight excluding hydrogens is 622 g/mol. The van der Waals surface area contributed by atoms with Gasteiger partial charge in [-0.3, -0.25) is 13.9 Å². The van der Waals surface area contributed by atoms with Crippen molar-refractivity contribution in [2.75, 3.05) is 10.8 Å². The van der Waals surface area contributed by atoms with E-state index in [0.717, 1.165) is 36.4 Å². The third kappa shape index (κ3) is 8.27. The lowest BCUT2D eigenvalue weighted by Gasteiger charge is -2.33. The Morgan fingerprint density at radius 3 is 2.07 bits per heavy atom. The third-order valence-electron chi connectivity index (χ3n) is 8.13. The number of anilines is 1. The van der Waals surface area contributed by atoms with E-state index in [1.54, 1.807) is 67.6 Å². The van der Waals surface area contributed by atoms with Gasteiger partial charge >= 0.3 is 0 Å². The van der Waals surface area contributed by atoms with Gasteiger partial charge in [-0.1, -0.05) is 85.5 Å². The first-order valence-corrected chi connectivity index (χ1v) is 17.3. The van der Waals surface area contributed by atoms with Crippen LogP contribution in [0, 0.1) is 0 Å². The average Bonchev–Trinajstić information content (AvgIpc) is 3.08. The Labute approximate surface area is 276 Å². The predicted molar refractivity (Wildman–Crippen MR) is 180 cm³/mol. The first-order chi connectivity index (χ1) is 22.2. The van der Waals surface area contributed by atoms with E-state index in [-0.39, 0.29) is 29.1 Å². The van der Waals surface area contributed by atoms with Crippen LogP contribution in [0.2, 0.25) is 5.02 Å². The van der Waals surface area contributed by atoms with Gasteiger partial charge in [-0.05, 0) is 79.9 Å². The molecule has 2 amide bonds. The highest BCUT2D eigenvalue weighted by molar-refractivity contribution is 7.92. The van der Waals surface area contributed by atoms with Crippen LogP contribution in [-0.4, -0.2) is 43.8 Å². The molecule has 0 heterocycles. The lowest BCUT2D eigenvalue weighted by Crippen LogP contribution is -2.53. The Morgan fingerprint density at radius 1 is 0.826 bits per heavy atom. The summed E-state index contributed by atoms with van der Waals surface area (Å²) in [6.07, 6.45) is 5.02. The van der Waals surface area contributed by atoms with Gasteiger partial charge in [-0.25, -0.2) is 8.42 Å². The number of rotatable bonds is 12. The van der Waals surface area contributed by atoms with Gasteiger partial charge < -0.3 is 15.0 Å². The zero-order valence-corrected chi connectivity index (χ0v) is 27.3. The maximum Gasteiger partial charge on any atom is 0.264 e. The van der Waals surface area contributed by atoms with Crippen molar-refractivity contribution in [2.24, 2.45) is 0 Å². The van der Waals surface area contributed by atoms with Gasteiger partial charge in [0.25, 0.3) is 10.0 Å². The van der Waals surface area contributed by atoms with E-state index in [0.29, 0.717) is 22.1 Å². The Morgan fingerprint density at radius 2 is 1.41 bits per heavy atom. The number of hydrogen-bond acceptors (Lipinski definition) is 5. The second-order valence-corrected chi connectivity index (χ2v) is 13.6. The van der Waals surface area contributed by atoms with Crippen LogP contribution in [0.15, 0.2) is 114 Å². The highest BCUT2D eigenvalue weighted by atomic mass is 35.5. The second kappa shape index (κ2) is 15.3. The molecule has 1 atom stereocenters. The second-order valence-electron chi connectivity index (χ2n) is 11.4. The van der Waals surface area contributed by atoms with Gasteiger partial charge in [0, 0.05) is 17.6 Å². The average molecular weight is 660 g/mol. The van der Waals surface area contributed by atoms with Crippen LogP contribution < -0.4 is 14.4 Å². The zero-order chi connectivity index (χ0) is 32.5. The lowest BCUT2D eigenvalue weighted by molar-refractivity contribution is -0.139. The number of halogens is 1. The molecule has 0 spiro atoms. The Kier molecular flexibility index (Phi) is 11.0. The van der Waals surface area contributed by atoms with E-state index in [4.69, 9.17) is 16.3 Å². The fourth-order valence-corrected chi connectivity index (χ4v) is 7.15. The molecule has 4 aromatic carbocycles. The first kappa shape index (κ1) is 33.0. The van der Waals surface area contributed by atoms with Crippen LogP contribution in [0.3, 0.4) is 0 Å². The molecule has 1 fully saturated rings. The smallest absolute Gasteiger partial charge is 0.264 e. The number of benzene rings is 4. The molecule has 1 N–H and O–H groups in total. The maximum atomic E-state index is 14.2. The molecule has 4 aromatic rings. The van der Waals surface area contributed by atoms with Crippen molar-refractivity contribution in [3.63, 3.8) is 0 Å². The zero-order valence-electron chi connectivity index (χ0n) is 25.7. The molecule has 0 bridgehead atoms. The molecule has 0 aliphatic heterocycles. The Bertz CT molecular complexity index is 1710. The number of carbonyl (C=O) groups excluding carboxylic acids is 2. The number of nitrogens with zero attached hydrogens (tertiary/aromatic N) is 2. The fraction of sp³-hybridized carbons (Fsp3) is 0.278. The molecule has 1 aliphatic rings. The molecule has 46 heavy (non-hydrogen) atoms. The molecule has 0 unspecified atom stereocenters. The largest absolute Gasteiger partial charge is 0.457 e. The first-order valence-electron chi connectivity index (χ1n) is 15.5. The van der Waals surface area contributed by atoms with Gasteiger partial charge in [0.15, 0.2) is 0 Å². The van der Waals surface area contributed by atoms with Crippen molar-refractivity contribution in [3.05, 3.63) is 120 Å². The molecule has 1 saturated carbocycles. The fourth-order valence-electron chi connectivity index (χ4n) is 5.51. The summed E-state index contributed by atoms with van der Waals surface area (Å²) in [6, 6.07) is 30.0. The summed E-state index contributed by atoms with van der Waals surface area (Å²) in [7, 11) is -4.19. The minimum absolute atomic E-state index is 0.0286. The lowest BCUT2D eigenvalue weighted by atomic mass is 9.95. The van der Waals surface area contributed by atoms with Crippen molar-refractivity contribution in [2.45, 2.75) is 62.6 Å². The highest BCUT2D eigenvalue weighted by Gasteiger charge is 2.33. The van der Waals surface area contributed by atoms with E-state index in [1.165, 1.54) is 17.0 Å². The van der Waals surface area contributed by atoms with Gasteiger partial charge in [-0.2, -0.15) is 0 Å². The van der Waals surface area contributed by atoms with E-state index >= 15 is 0 Å². The molecule has 0 aromatic heterocycles. The third-order valence-corrected chi connectivity index (χ3v) is 10.3. The molecule has 10 heteroatoms. The molecule has 1 aliphatic carbocycles. The maximum absolute atomic E-state index is 14.2. The summed E-state index contributed by atoms with van der Waals surface area (Å²) in [5.74, 6) is 0.309. The summed E-state index contributed by atoms with van der Waals surface area (Å²) in [5.41, 5.74) is 0.921. The monoisotopic (exact) mass is 659 g/mol. The Hall–Kier alpha value is -4.34. The standard InChI is InChI=1S/C36H38ClN3O5S/c1-27(36(42)38-29-14-5-2-6-15-29)39(25-28-13-11-12-20-34(28)37)35(41)26-40(46(43,44)33-18-9-4-10-19-33)30-21-23-32(24-22-30)45-31-16-7-3-8-17-31/h3-4,7-13,16-24,27,29H,2,5-6,14-15,25-26H2,1H3,(H,38,42)/t27-/m0/s1. The van der Waals surface area contributed by atoms with E-state index in [2.05, 4.69) is 5.32 Å². The van der Waals surface area contributed by atoms with E-state index in [9.17, 15) is 18.0 Å². The molecule has 8 nitrogen and oxygen atoms in total. The highest BCUT2D eigenvalue weighted by Crippen LogP contribution is 2.29. The van der Waals surface area contributed by atoms with Crippen molar-refractivity contribution in [1.82, 2.24) is 10.2 Å². The molecule has 240 valence electrons. The molecular formula is C36H38ClN3O5S. The van der Waals surface area contributed by atoms with Gasteiger partial charge in [-0.15, -0.1) is 0 Å². The predicted octanol–water partition coefficient (Wildman–Crippen LogP) is 7.19. The van der Waals surface area contributed by atoms with Crippen molar-refractivity contribution < 1.29 is 22.7 Å². The van der Waals surface area contributed by atoms with Crippen molar-refractivity contribution in [1.29, 1.82) is 0 Å². The van der Waals surface area contributed by atoms with Crippen molar-refractivity contribution >= 4 is 39.1 Å². The molecule has 5 rings (SSSR count). The number of carbonyl (C=O) groups is 2. The molecule has 0 radical (unpaired) electrons. The summed E-state index contributed by atoms with van der Waals surface area (Å²) in [4.78, 5) is 29.2. The number of para-hydroxylation sites is 1. The summed E-state index contributed by atoms with van der Waals surface area (Å²) < 4.78 is 35.1. The summed E-state index contributed by atoms with van der Waals surface area (Å²) in [6.45, 7) is 1.15. The number of amides is 2. The van der Waals surface area contributed by atoms with Crippen LogP contribution in [0.1, 0.15) is 44.6 Å². The summed E-state index contributed by atoms with van der Waals surface area (Å²) in [5, 5.41) is 3.56. The van der Waals surface area contributed by atoms with Crippen LogP contribution in [0.4, 0.5) is 5.69 Å². The Balaban J connectivity index is 1.46. The van der Waals surface area contributed by atoms with Crippen LogP contribution in [0.25, 0.3) is 0 Å². The van der Waals surface area contributed by atoms with Crippen LogP contribution in [-0.2, 0) is 26.2 Å². The number of hydrogen-bond donors (Lipinski definition) is 1. The number of ether oxygens (including phenoxy) is 1. The van der Waals surface area contributed by atoms with E-state index < -0.39 is 28.5 Å². The minimum Gasteiger partial charge on any atom is -0.457 e. The summed E-state index contributed by atoms with van der Waals surface area (Å²) >= 11 is 6.48. The quantitative estimate of drug-likeness (QED) is 0.174. The van der Waals surface area contributed by atoms with E-state index in [1.807, 2.05) is 36.4 Å². The van der Waals surface area contributed by atoms with Gasteiger partial charge in [0.1, 0.15) is 24.1 Å². The number of sulfonamides is 1. The molecule has 0 saturated heterocycles. The van der Waals surface area contributed by atoms with Gasteiger partial charge in [0.2, 0.25) is 11.8 Å². The van der Waals surface area contributed by atoms with Crippen LogP contribution in [0.5, 0.6) is 11.5 Å². The topological polar surface area (TPSA) is 96.0 Å². The number of nitrogens with one attached hydrogen (secondary N) is 1. The van der Waals surface area contributed by atoms with Crippen molar-refractivity contribution in [3.8, 4) is 11.5 Å². The normalized spacial score (nSPS) is 14.2.